The van der Waals surface area contributed by atoms with Crippen LogP contribution in [-0.2, 0) is 0 Å². The van der Waals surface area contributed by atoms with Gasteiger partial charge in [-0.2, -0.15) is 0 Å². The van der Waals surface area contributed by atoms with Gasteiger partial charge in [0.1, 0.15) is 6.33 Å². The Morgan fingerprint density at radius 2 is 2.24 bits per heavy atom. The second-order valence-corrected chi connectivity index (χ2v) is 3.84. The standard InChI is InChI=1S/C9H15N5O3/c1-5(3-6(2)15)13-9-7(14(16)17)8(10)11-4-12-9/h4-6,15H,3H2,1-2H3,(H3,10,11,12,13). The number of aliphatic hydroxyl groups excluding tert-OH is 1. The minimum Gasteiger partial charge on any atom is -0.393 e. The molecule has 0 amide bonds. The number of nitrogens with one attached hydrogen (secondary N) is 1. The maximum Gasteiger partial charge on any atom is 0.352 e. The number of nitrogens with two attached hydrogens (primary N) is 1. The van der Waals surface area contributed by atoms with Crippen molar-refractivity contribution < 1.29 is 10.0 Å². The molecule has 8 heteroatoms. The lowest BCUT2D eigenvalue weighted by atomic mass is 10.1. The molecule has 0 aliphatic rings. The molecular formula is C9H15N5O3. The van der Waals surface area contributed by atoms with Crippen molar-refractivity contribution in [1.82, 2.24) is 9.97 Å². The smallest absolute Gasteiger partial charge is 0.352 e. The van der Waals surface area contributed by atoms with Crippen LogP contribution in [0.25, 0.3) is 0 Å². The number of aliphatic hydroxyl groups is 1. The first-order chi connectivity index (χ1) is 7.91. The number of anilines is 2. The summed E-state index contributed by atoms with van der Waals surface area (Å²) < 4.78 is 0. The molecule has 0 saturated heterocycles. The van der Waals surface area contributed by atoms with Gasteiger partial charge in [0.15, 0.2) is 0 Å². The Hall–Kier alpha value is -1.96. The van der Waals surface area contributed by atoms with E-state index in [1.54, 1.807) is 13.8 Å². The van der Waals surface area contributed by atoms with Crippen LogP contribution in [-0.4, -0.2) is 32.1 Å². The number of nitrogen functional groups attached to an aromatic ring is 1. The van der Waals surface area contributed by atoms with E-state index >= 15 is 0 Å². The van der Waals surface area contributed by atoms with Crippen molar-refractivity contribution >= 4 is 17.3 Å². The minimum absolute atomic E-state index is 0.0654. The first-order valence-electron chi connectivity index (χ1n) is 5.11. The Bertz CT molecular complexity index is 410. The normalized spacial score (nSPS) is 14.1. The molecule has 94 valence electrons. The van der Waals surface area contributed by atoms with Crippen molar-refractivity contribution in [2.45, 2.75) is 32.4 Å². The lowest BCUT2D eigenvalue weighted by Gasteiger charge is -2.15. The van der Waals surface area contributed by atoms with Crippen LogP contribution in [0.1, 0.15) is 20.3 Å². The summed E-state index contributed by atoms with van der Waals surface area (Å²) in [5, 5.41) is 22.8. The van der Waals surface area contributed by atoms with Gasteiger partial charge in [-0.15, -0.1) is 0 Å². The van der Waals surface area contributed by atoms with Crippen molar-refractivity contribution in [3.8, 4) is 0 Å². The SMILES string of the molecule is CC(O)CC(C)Nc1ncnc(N)c1[N+](=O)[O-]. The van der Waals surface area contributed by atoms with Crippen LogP contribution in [0.4, 0.5) is 17.3 Å². The quantitative estimate of drug-likeness (QED) is 0.507. The summed E-state index contributed by atoms with van der Waals surface area (Å²) >= 11 is 0. The fraction of sp³-hybridized carbons (Fsp3) is 0.556. The lowest BCUT2D eigenvalue weighted by molar-refractivity contribution is -0.383. The van der Waals surface area contributed by atoms with Crippen LogP contribution in [0.5, 0.6) is 0 Å². The molecule has 17 heavy (non-hydrogen) atoms. The number of nitro groups is 1. The zero-order valence-electron chi connectivity index (χ0n) is 9.62. The number of rotatable bonds is 5. The van der Waals surface area contributed by atoms with Gasteiger partial charge >= 0.3 is 5.69 Å². The van der Waals surface area contributed by atoms with Crippen LogP contribution < -0.4 is 11.1 Å². The highest BCUT2D eigenvalue weighted by Crippen LogP contribution is 2.27. The number of nitrogens with zero attached hydrogens (tertiary/aromatic N) is 3. The van der Waals surface area contributed by atoms with Gasteiger partial charge < -0.3 is 16.2 Å². The zero-order valence-corrected chi connectivity index (χ0v) is 9.62. The van der Waals surface area contributed by atoms with Crippen molar-refractivity contribution in [3.63, 3.8) is 0 Å². The van der Waals surface area contributed by atoms with Crippen molar-refractivity contribution in [2.24, 2.45) is 0 Å². The summed E-state index contributed by atoms with van der Waals surface area (Å²) in [7, 11) is 0. The lowest BCUT2D eigenvalue weighted by Crippen LogP contribution is -2.22. The Morgan fingerprint density at radius 1 is 1.59 bits per heavy atom. The van der Waals surface area contributed by atoms with Gasteiger partial charge in [-0.1, -0.05) is 0 Å². The van der Waals surface area contributed by atoms with Crippen molar-refractivity contribution in [2.75, 3.05) is 11.1 Å². The molecular weight excluding hydrogens is 226 g/mol. The molecule has 2 unspecified atom stereocenters. The molecule has 0 aromatic carbocycles. The number of hydrogen-bond acceptors (Lipinski definition) is 7. The maximum absolute atomic E-state index is 10.8. The molecule has 0 spiro atoms. The maximum atomic E-state index is 10.8. The molecule has 0 bridgehead atoms. The third-order valence-corrected chi connectivity index (χ3v) is 2.11. The summed E-state index contributed by atoms with van der Waals surface area (Å²) in [6.45, 7) is 3.43. The highest BCUT2D eigenvalue weighted by atomic mass is 16.6. The van der Waals surface area contributed by atoms with Crippen LogP contribution >= 0.6 is 0 Å². The van der Waals surface area contributed by atoms with E-state index in [0.717, 1.165) is 6.33 Å². The third-order valence-electron chi connectivity index (χ3n) is 2.11. The van der Waals surface area contributed by atoms with Crippen LogP contribution in [0.3, 0.4) is 0 Å². The molecule has 1 aromatic heterocycles. The second kappa shape index (κ2) is 5.39. The van der Waals surface area contributed by atoms with Crippen molar-refractivity contribution in [3.05, 3.63) is 16.4 Å². The largest absolute Gasteiger partial charge is 0.393 e. The monoisotopic (exact) mass is 241 g/mol. The highest BCUT2D eigenvalue weighted by Gasteiger charge is 2.22. The molecule has 2 atom stereocenters. The predicted molar refractivity (Wildman–Crippen MR) is 62.5 cm³/mol. The molecule has 0 saturated carbocycles. The number of aromatic nitrogens is 2. The molecule has 8 nitrogen and oxygen atoms in total. The van der Waals surface area contributed by atoms with E-state index < -0.39 is 11.0 Å². The first-order valence-corrected chi connectivity index (χ1v) is 5.11. The van der Waals surface area contributed by atoms with Gasteiger partial charge in [-0.05, 0) is 20.3 Å². The van der Waals surface area contributed by atoms with Gasteiger partial charge in [-0.3, -0.25) is 10.1 Å². The Labute approximate surface area is 98.0 Å². The Morgan fingerprint density at radius 3 is 2.76 bits per heavy atom. The predicted octanol–water partition coefficient (Wildman–Crippen LogP) is 0.538. The van der Waals surface area contributed by atoms with Gasteiger partial charge in [0.05, 0.1) is 11.0 Å². The van der Waals surface area contributed by atoms with Crippen LogP contribution in [0, 0.1) is 10.1 Å². The molecule has 1 heterocycles. The fourth-order valence-corrected chi connectivity index (χ4v) is 1.48. The van der Waals surface area contributed by atoms with Crippen LogP contribution in [0.15, 0.2) is 6.33 Å². The van der Waals surface area contributed by atoms with Crippen LogP contribution in [0.2, 0.25) is 0 Å². The fourth-order valence-electron chi connectivity index (χ4n) is 1.48. The molecule has 0 fully saturated rings. The zero-order chi connectivity index (χ0) is 13.0. The molecule has 0 aliphatic heterocycles. The average Bonchev–Trinajstić information content (AvgIpc) is 2.15. The summed E-state index contributed by atoms with van der Waals surface area (Å²) in [5.74, 6) is -0.118. The van der Waals surface area contributed by atoms with Gasteiger partial charge in [-0.25, -0.2) is 9.97 Å². The summed E-state index contributed by atoms with van der Waals surface area (Å²) in [5.41, 5.74) is 5.07. The van der Waals surface area contributed by atoms with E-state index in [1.165, 1.54) is 0 Å². The molecule has 4 N–H and O–H groups in total. The van der Waals surface area contributed by atoms with E-state index in [1.807, 2.05) is 0 Å². The summed E-state index contributed by atoms with van der Waals surface area (Å²) in [4.78, 5) is 17.5. The molecule has 0 radical (unpaired) electrons. The Balaban J connectivity index is 2.91. The van der Waals surface area contributed by atoms with E-state index in [4.69, 9.17) is 5.73 Å². The minimum atomic E-state index is -0.632. The average molecular weight is 241 g/mol. The molecule has 1 rings (SSSR count). The second-order valence-electron chi connectivity index (χ2n) is 3.84. The van der Waals surface area contributed by atoms with Crippen molar-refractivity contribution in [1.29, 1.82) is 0 Å². The molecule has 1 aromatic rings. The molecule has 0 aliphatic carbocycles. The summed E-state index contributed by atoms with van der Waals surface area (Å²) in [6.07, 6.45) is 1.09. The summed E-state index contributed by atoms with van der Waals surface area (Å²) in [6, 6.07) is -0.164. The van der Waals surface area contributed by atoms with Gasteiger partial charge in [0.25, 0.3) is 0 Å². The third kappa shape index (κ3) is 3.52. The van der Waals surface area contributed by atoms with Gasteiger partial charge in [0.2, 0.25) is 11.6 Å². The first kappa shape index (κ1) is 13.1. The van der Waals surface area contributed by atoms with E-state index in [9.17, 15) is 15.2 Å². The Kier molecular flexibility index (Phi) is 4.16. The number of hydrogen-bond donors (Lipinski definition) is 3. The highest BCUT2D eigenvalue weighted by molar-refractivity contribution is 5.67. The van der Waals surface area contributed by atoms with E-state index in [-0.39, 0.29) is 23.4 Å². The van der Waals surface area contributed by atoms with E-state index in [2.05, 4.69) is 15.3 Å². The van der Waals surface area contributed by atoms with Gasteiger partial charge in [0, 0.05) is 6.04 Å². The topological polar surface area (TPSA) is 127 Å². The van der Waals surface area contributed by atoms with E-state index in [0.29, 0.717) is 6.42 Å².